The average molecular weight is 809 g/mol. The van der Waals surface area contributed by atoms with Crippen molar-refractivity contribution >= 4 is 86.0 Å². The molecule has 2 N–H and O–H groups in total. The summed E-state index contributed by atoms with van der Waals surface area (Å²) in [4.78, 5) is 32.1. The number of sulfone groups is 2. The Kier molecular flexibility index (Phi) is 9.07. The molecule has 2 heterocycles. The monoisotopic (exact) mass is 808 g/mol. The normalized spacial score (nSPS) is 13.3. The van der Waals surface area contributed by atoms with E-state index in [1.54, 1.807) is 72.8 Å². The van der Waals surface area contributed by atoms with Crippen molar-refractivity contribution in [2.24, 2.45) is 0 Å². The third-order valence-electron chi connectivity index (χ3n) is 7.77. The van der Waals surface area contributed by atoms with Gasteiger partial charge in [0.15, 0.2) is 11.6 Å². The van der Waals surface area contributed by atoms with E-state index in [1.807, 2.05) is 12.1 Å². The number of rotatable bonds is 8. The molecule has 6 aromatic rings. The van der Waals surface area contributed by atoms with Gasteiger partial charge >= 0.3 is 0 Å². The second-order valence-electron chi connectivity index (χ2n) is 10.9. The Morgan fingerprint density at radius 2 is 0.938 bits per heavy atom. The number of fused-ring (bicyclic) bond motifs is 1. The first-order valence-electron chi connectivity index (χ1n) is 14.5. The molecule has 0 saturated heterocycles. The number of Topliss-reactive ketones (excluding diaryl/α,β-unsaturated/α-hetero) is 2. The maximum atomic E-state index is 14.3. The van der Waals surface area contributed by atoms with Crippen LogP contribution in [0.15, 0.2) is 119 Å². The largest absolute Gasteiger partial charge is 0.353 e. The molecule has 0 spiro atoms. The topological polar surface area (TPSA) is 134 Å². The van der Waals surface area contributed by atoms with E-state index >= 15 is 0 Å². The minimum Gasteiger partial charge on any atom is -0.353 e. The number of carbonyl (C=O) groups is 2. The van der Waals surface area contributed by atoms with E-state index in [0.717, 1.165) is 17.4 Å². The number of nitrogens with one attached hydrogen (secondary N) is 2. The molecule has 12 heteroatoms. The first-order chi connectivity index (χ1) is 22.9. The van der Waals surface area contributed by atoms with Crippen molar-refractivity contribution in [1.82, 2.24) is 9.97 Å². The Hall–Kier alpha value is -4.30. The number of H-pyrrole nitrogens is 2. The van der Waals surface area contributed by atoms with E-state index in [-0.39, 0.29) is 42.0 Å². The number of carbonyl (C=O) groups excluding carboxylic acids is 2. The SMILES string of the molecule is CC(=O)/C(=c1/[nH]c(-c2ccccc2I)c2/c(=C(\C(C)=O)S(=O)(=O)c3ccccc3)[nH]c(-c3ccccc3Cl)c12)S(=O)(=O)c1ccccc1. The summed E-state index contributed by atoms with van der Waals surface area (Å²) < 4.78 is 57.8. The lowest BCUT2D eigenvalue weighted by atomic mass is 10.1. The van der Waals surface area contributed by atoms with Gasteiger partial charge in [-0.2, -0.15) is 0 Å². The van der Waals surface area contributed by atoms with E-state index in [2.05, 4.69) is 32.6 Å². The van der Waals surface area contributed by atoms with Crippen molar-refractivity contribution in [3.8, 4) is 22.5 Å². The second-order valence-corrected chi connectivity index (χ2v) is 16.2. The van der Waals surface area contributed by atoms with Crippen LogP contribution in [-0.2, 0) is 29.3 Å². The van der Waals surface area contributed by atoms with Crippen LogP contribution in [0.5, 0.6) is 0 Å². The molecule has 0 fully saturated rings. The van der Waals surface area contributed by atoms with Gasteiger partial charge in [0.05, 0.1) is 31.9 Å². The van der Waals surface area contributed by atoms with Crippen molar-refractivity contribution in [2.45, 2.75) is 23.6 Å². The maximum absolute atomic E-state index is 14.3. The fourth-order valence-corrected chi connectivity index (χ4v) is 9.75. The van der Waals surface area contributed by atoms with Gasteiger partial charge in [0.25, 0.3) is 0 Å². The van der Waals surface area contributed by atoms with Crippen LogP contribution in [0.4, 0.5) is 0 Å². The summed E-state index contributed by atoms with van der Waals surface area (Å²) >= 11 is 8.83. The number of ketones is 2. The molecule has 2 aromatic heterocycles. The van der Waals surface area contributed by atoms with E-state index < -0.39 is 41.1 Å². The zero-order valence-corrected chi connectivity index (χ0v) is 30.0. The standard InChI is InChI=1S/C36H26ClIN2O6S2/c1-21(41)35(47(43,44)23-13-5-3-6-14-23)33-29-30(32(40-33)26-18-10-12-20-28(26)38)34(39-31(29)25-17-9-11-19-27(25)37)36(22(2)42)48(45,46)24-15-7-4-8-16-24/h3-20,39-40H,1-2H3/b35-33-,36-34-. The Balaban J connectivity index is 1.98. The number of hydrogen-bond acceptors (Lipinski definition) is 6. The first-order valence-corrected chi connectivity index (χ1v) is 18.9. The van der Waals surface area contributed by atoms with Gasteiger partial charge in [-0.05, 0) is 72.8 Å². The van der Waals surface area contributed by atoms with Gasteiger partial charge in [-0.1, -0.05) is 84.4 Å². The van der Waals surface area contributed by atoms with Crippen molar-refractivity contribution in [3.05, 3.63) is 128 Å². The molecule has 0 amide bonds. The summed E-state index contributed by atoms with van der Waals surface area (Å²) in [6.45, 7) is 2.31. The molecule has 8 nitrogen and oxygen atoms in total. The van der Waals surface area contributed by atoms with Gasteiger partial charge in [0.1, 0.15) is 9.81 Å². The zero-order chi connectivity index (χ0) is 34.4. The molecule has 0 radical (unpaired) electrons. The Labute approximate surface area is 295 Å². The lowest BCUT2D eigenvalue weighted by molar-refractivity contribution is -0.112. The number of aromatic amines is 2. The average Bonchev–Trinajstić information content (AvgIpc) is 3.61. The molecule has 48 heavy (non-hydrogen) atoms. The fourth-order valence-electron chi connectivity index (χ4n) is 5.76. The molecule has 0 aliphatic rings. The molecule has 4 aromatic carbocycles. The number of aromatic nitrogens is 2. The summed E-state index contributed by atoms with van der Waals surface area (Å²) in [7, 11) is -8.87. The predicted molar refractivity (Wildman–Crippen MR) is 196 cm³/mol. The first kappa shape index (κ1) is 33.6. The molecular formula is C36H26ClIN2O6S2. The van der Waals surface area contributed by atoms with E-state index in [4.69, 9.17) is 11.6 Å². The highest BCUT2D eigenvalue weighted by Gasteiger charge is 2.33. The van der Waals surface area contributed by atoms with E-state index in [9.17, 15) is 26.4 Å². The van der Waals surface area contributed by atoms with Crippen molar-refractivity contribution in [2.75, 3.05) is 0 Å². The molecule has 242 valence electrons. The molecule has 0 aliphatic carbocycles. The van der Waals surface area contributed by atoms with Gasteiger partial charge in [-0.15, -0.1) is 0 Å². The molecule has 0 bridgehead atoms. The van der Waals surface area contributed by atoms with Gasteiger partial charge in [-0.25, -0.2) is 16.8 Å². The Morgan fingerprint density at radius 1 is 0.562 bits per heavy atom. The maximum Gasteiger partial charge on any atom is 0.212 e. The predicted octanol–water partition coefficient (Wildman–Crippen LogP) is 6.43. The smallest absolute Gasteiger partial charge is 0.212 e. The molecular weight excluding hydrogens is 783 g/mol. The zero-order valence-electron chi connectivity index (χ0n) is 25.4. The summed E-state index contributed by atoms with van der Waals surface area (Å²) in [6.07, 6.45) is 0. The van der Waals surface area contributed by atoms with Crippen molar-refractivity contribution in [3.63, 3.8) is 0 Å². The van der Waals surface area contributed by atoms with Crippen LogP contribution in [0.3, 0.4) is 0 Å². The van der Waals surface area contributed by atoms with Gasteiger partial charge in [0, 0.05) is 30.5 Å². The molecule has 0 atom stereocenters. The van der Waals surface area contributed by atoms with Crippen LogP contribution < -0.4 is 10.7 Å². The number of halogens is 2. The molecule has 0 saturated carbocycles. The minimum absolute atomic E-state index is 0.0755. The lowest BCUT2D eigenvalue weighted by Gasteiger charge is -2.08. The van der Waals surface area contributed by atoms with Crippen LogP contribution in [0, 0.1) is 3.57 Å². The third kappa shape index (κ3) is 5.74. The van der Waals surface area contributed by atoms with Crippen molar-refractivity contribution in [1.29, 1.82) is 0 Å². The summed E-state index contributed by atoms with van der Waals surface area (Å²) in [5.41, 5.74) is 1.50. The van der Waals surface area contributed by atoms with Crippen LogP contribution in [0.2, 0.25) is 5.02 Å². The molecule has 6 rings (SSSR count). The third-order valence-corrected chi connectivity index (χ3v) is 12.9. The van der Waals surface area contributed by atoms with Gasteiger partial charge in [0.2, 0.25) is 19.7 Å². The second kappa shape index (κ2) is 13.0. The van der Waals surface area contributed by atoms with Crippen LogP contribution >= 0.6 is 34.2 Å². The Morgan fingerprint density at radius 3 is 1.35 bits per heavy atom. The summed E-state index contributed by atoms with van der Waals surface area (Å²) in [6, 6.07) is 29.1. The minimum atomic E-state index is -4.44. The number of hydrogen-bond donors (Lipinski definition) is 2. The highest BCUT2D eigenvalue weighted by atomic mass is 127. The van der Waals surface area contributed by atoms with E-state index in [0.29, 0.717) is 16.8 Å². The lowest BCUT2D eigenvalue weighted by Crippen LogP contribution is -2.22. The van der Waals surface area contributed by atoms with Crippen LogP contribution in [0.25, 0.3) is 43.1 Å². The summed E-state index contributed by atoms with van der Waals surface area (Å²) in [5.74, 6) is -1.51. The van der Waals surface area contributed by atoms with Crippen LogP contribution in [-0.4, -0.2) is 38.4 Å². The molecule has 0 unspecified atom stereocenters. The number of benzene rings is 4. The van der Waals surface area contributed by atoms with E-state index in [1.165, 1.54) is 24.3 Å². The van der Waals surface area contributed by atoms with Gasteiger partial charge < -0.3 is 9.97 Å². The van der Waals surface area contributed by atoms with Crippen LogP contribution in [0.1, 0.15) is 13.8 Å². The van der Waals surface area contributed by atoms with Crippen molar-refractivity contribution < 1.29 is 26.4 Å². The van der Waals surface area contributed by atoms with Gasteiger partial charge in [-0.3, -0.25) is 9.59 Å². The quantitative estimate of drug-likeness (QED) is 0.170. The Bertz CT molecular complexity index is 2430. The summed E-state index contributed by atoms with van der Waals surface area (Å²) in [5, 5.41) is 0.498. The fraction of sp³-hybridized carbons (Fsp3) is 0.0556. The molecule has 0 aliphatic heterocycles. The highest BCUT2D eigenvalue weighted by Crippen LogP contribution is 2.36. The highest BCUT2D eigenvalue weighted by molar-refractivity contribution is 14.1.